The van der Waals surface area contributed by atoms with Crippen molar-refractivity contribution in [1.29, 1.82) is 0 Å². The van der Waals surface area contributed by atoms with Crippen LogP contribution in [0.5, 0.6) is 0 Å². The molecule has 2 aromatic rings. The molecule has 0 atom stereocenters. The molecule has 1 aromatic carbocycles. The average molecular weight is 267 g/mol. The van der Waals surface area contributed by atoms with Gasteiger partial charge in [0.2, 0.25) is 0 Å². The van der Waals surface area contributed by atoms with E-state index in [9.17, 15) is 0 Å². The summed E-state index contributed by atoms with van der Waals surface area (Å²) in [6, 6.07) is 7.97. The second kappa shape index (κ2) is 5.54. The van der Waals surface area contributed by atoms with Gasteiger partial charge in [-0.3, -0.25) is 0 Å². The van der Waals surface area contributed by atoms with E-state index in [1.807, 2.05) is 18.2 Å². The van der Waals surface area contributed by atoms with Gasteiger partial charge in [0.25, 0.3) is 0 Å². The molecule has 0 unspecified atom stereocenters. The third kappa shape index (κ3) is 3.00. The predicted molar refractivity (Wildman–Crippen MR) is 75.8 cm³/mol. The fourth-order valence-electron chi connectivity index (χ4n) is 1.81. The molecule has 0 saturated heterocycles. The van der Waals surface area contributed by atoms with E-state index in [2.05, 4.69) is 28.8 Å². The monoisotopic (exact) mass is 266 g/mol. The van der Waals surface area contributed by atoms with Crippen molar-refractivity contribution in [3.8, 4) is 0 Å². The lowest BCUT2D eigenvalue weighted by molar-refractivity contribution is 0.908. The molecule has 0 spiro atoms. The van der Waals surface area contributed by atoms with Crippen LogP contribution < -0.4 is 10.6 Å². The van der Waals surface area contributed by atoms with Crippen LogP contribution in [0.15, 0.2) is 35.0 Å². The summed E-state index contributed by atoms with van der Waals surface area (Å²) < 4.78 is 0. The Bertz CT molecular complexity index is 482. The minimum Gasteiger partial charge on any atom is -0.370 e. The average Bonchev–Trinajstić information content (AvgIpc) is 2.81. The first-order valence-corrected chi connectivity index (χ1v) is 6.73. The molecule has 0 aliphatic rings. The van der Waals surface area contributed by atoms with Crippen LogP contribution in [-0.4, -0.2) is 7.05 Å². The molecular weight excluding hydrogens is 252 g/mol. The second-order valence-electron chi connectivity index (χ2n) is 3.96. The molecule has 2 rings (SSSR count). The standard InChI is InChI=1S/C13H15ClN2S/c1-16(8-10-4-5-17-9-10)13-6-12(14)3-2-11(13)7-15/h2-6,9H,7-8,15H2,1H3. The molecule has 0 saturated carbocycles. The van der Waals surface area contributed by atoms with Crippen molar-refractivity contribution in [2.75, 3.05) is 11.9 Å². The summed E-state index contributed by atoms with van der Waals surface area (Å²) in [4.78, 5) is 2.18. The van der Waals surface area contributed by atoms with E-state index in [1.165, 1.54) is 5.56 Å². The van der Waals surface area contributed by atoms with Crippen molar-refractivity contribution >= 4 is 28.6 Å². The highest BCUT2D eigenvalue weighted by Crippen LogP contribution is 2.25. The van der Waals surface area contributed by atoms with Crippen LogP contribution in [0.2, 0.25) is 5.02 Å². The van der Waals surface area contributed by atoms with Gasteiger partial charge in [0.05, 0.1) is 0 Å². The minimum atomic E-state index is 0.528. The summed E-state index contributed by atoms with van der Waals surface area (Å²) in [7, 11) is 2.06. The number of anilines is 1. The zero-order chi connectivity index (χ0) is 12.3. The predicted octanol–water partition coefficient (Wildman–Crippen LogP) is 3.50. The Morgan fingerprint density at radius 2 is 2.18 bits per heavy atom. The zero-order valence-electron chi connectivity index (χ0n) is 9.69. The summed E-state index contributed by atoms with van der Waals surface area (Å²) in [5, 5.41) is 4.99. The molecule has 2 nitrogen and oxygen atoms in total. The molecule has 0 aliphatic carbocycles. The van der Waals surface area contributed by atoms with Gasteiger partial charge in [-0.1, -0.05) is 17.7 Å². The fourth-order valence-corrected chi connectivity index (χ4v) is 2.63. The Labute approximate surface area is 111 Å². The largest absolute Gasteiger partial charge is 0.370 e. The van der Waals surface area contributed by atoms with Crippen LogP contribution in [-0.2, 0) is 13.1 Å². The first-order chi connectivity index (χ1) is 8.20. The third-order valence-electron chi connectivity index (χ3n) is 2.68. The number of thiophene rings is 1. The number of hydrogen-bond acceptors (Lipinski definition) is 3. The van der Waals surface area contributed by atoms with Gasteiger partial charge in [-0.25, -0.2) is 0 Å². The van der Waals surface area contributed by atoms with Gasteiger partial charge >= 0.3 is 0 Å². The summed E-state index contributed by atoms with van der Waals surface area (Å²) >= 11 is 7.75. The molecule has 0 amide bonds. The lowest BCUT2D eigenvalue weighted by atomic mass is 10.1. The SMILES string of the molecule is CN(Cc1ccsc1)c1cc(Cl)ccc1CN. The molecule has 0 bridgehead atoms. The van der Waals surface area contributed by atoms with E-state index < -0.39 is 0 Å². The Kier molecular flexibility index (Phi) is 4.05. The first kappa shape index (κ1) is 12.4. The van der Waals surface area contributed by atoms with Gasteiger partial charge < -0.3 is 10.6 Å². The van der Waals surface area contributed by atoms with Crippen molar-refractivity contribution in [3.63, 3.8) is 0 Å². The van der Waals surface area contributed by atoms with Gasteiger partial charge in [0.15, 0.2) is 0 Å². The smallest absolute Gasteiger partial charge is 0.0434 e. The van der Waals surface area contributed by atoms with Crippen LogP contribution in [0.3, 0.4) is 0 Å². The van der Waals surface area contributed by atoms with E-state index in [-0.39, 0.29) is 0 Å². The van der Waals surface area contributed by atoms with Crippen LogP contribution in [0.25, 0.3) is 0 Å². The van der Waals surface area contributed by atoms with Crippen LogP contribution in [0.1, 0.15) is 11.1 Å². The Hall–Kier alpha value is -1.03. The molecule has 0 fully saturated rings. The number of nitrogens with two attached hydrogens (primary N) is 1. The lowest BCUT2D eigenvalue weighted by Crippen LogP contribution is -2.18. The van der Waals surface area contributed by atoms with E-state index in [0.717, 1.165) is 22.8 Å². The van der Waals surface area contributed by atoms with Gasteiger partial charge in [0, 0.05) is 30.8 Å². The highest BCUT2D eigenvalue weighted by molar-refractivity contribution is 7.07. The normalized spacial score (nSPS) is 10.5. The van der Waals surface area contributed by atoms with Crippen LogP contribution in [0, 0.1) is 0 Å². The number of halogens is 1. The fraction of sp³-hybridized carbons (Fsp3) is 0.231. The third-order valence-corrected chi connectivity index (χ3v) is 3.65. The van der Waals surface area contributed by atoms with E-state index >= 15 is 0 Å². The summed E-state index contributed by atoms with van der Waals surface area (Å²) in [5.74, 6) is 0. The van der Waals surface area contributed by atoms with Crippen molar-refractivity contribution < 1.29 is 0 Å². The number of rotatable bonds is 4. The molecule has 0 aliphatic heterocycles. The lowest BCUT2D eigenvalue weighted by Gasteiger charge is -2.22. The molecular formula is C13H15ClN2S. The minimum absolute atomic E-state index is 0.528. The molecule has 17 heavy (non-hydrogen) atoms. The number of nitrogens with zero attached hydrogens (tertiary/aromatic N) is 1. The number of hydrogen-bond donors (Lipinski definition) is 1. The van der Waals surface area contributed by atoms with Crippen molar-refractivity contribution in [1.82, 2.24) is 0 Å². The summed E-state index contributed by atoms with van der Waals surface area (Å²) in [6.07, 6.45) is 0. The van der Waals surface area contributed by atoms with Gasteiger partial charge in [-0.05, 0) is 40.1 Å². The van der Waals surface area contributed by atoms with Gasteiger partial charge in [-0.15, -0.1) is 0 Å². The van der Waals surface area contributed by atoms with E-state index in [0.29, 0.717) is 6.54 Å². The second-order valence-corrected chi connectivity index (χ2v) is 5.18. The van der Waals surface area contributed by atoms with E-state index in [1.54, 1.807) is 11.3 Å². The van der Waals surface area contributed by atoms with Crippen LogP contribution in [0.4, 0.5) is 5.69 Å². The van der Waals surface area contributed by atoms with Gasteiger partial charge in [-0.2, -0.15) is 11.3 Å². The Morgan fingerprint density at radius 3 is 2.82 bits per heavy atom. The number of benzene rings is 1. The van der Waals surface area contributed by atoms with Crippen molar-refractivity contribution in [3.05, 3.63) is 51.2 Å². The molecule has 90 valence electrons. The molecule has 0 radical (unpaired) electrons. The topological polar surface area (TPSA) is 29.3 Å². The Morgan fingerprint density at radius 1 is 1.35 bits per heavy atom. The maximum atomic E-state index is 6.03. The zero-order valence-corrected chi connectivity index (χ0v) is 11.3. The molecule has 1 aromatic heterocycles. The maximum Gasteiger partial charge on any atom is 0.0434 e. The summed E-state index contributed by atoms with van der Waals surface area (Å²) in [5.41, 5.74) is 9.27. The molecule has 4 heteroatoms. The van der Waals surface area contributed by atoms with Crippen LogP contribution >= 0.6 is 22.9 Å². The highest BCUT2D eigenvalue weighted by Gasteiger charge is 2.08. The first-order valence-electron chi connectivity index (χ1n) is 5.41. The van der Waals surface area contributed by atoms with E-state index in [4.69, 9.17) is 17.3 Å². The van der Waals surface area contributed by atoms with Gasteiger partial charge in [0.1, 0.15) is 0 Å². The highest BCUT2D eigenvalue weighted by atomic mass is 35.5. The molecule has 2 N–H and O–H groups in total. The van der Waals surface area contributed by atoms with Crippen molar-refractivity contribution in [2.24, 2.45) is 5.73 Å². The Balaban J connectivity index is 2.23. The molecule has 1 heterocycles. The summed E-state index contributed by atoms with van der Waals surface area (Å²) in [6.45, 7) is 1.40. The quantitative estimate of drug-likeness (QED) is 0.918. The van der Waals surface area contributed by atoms with Crippen molar-refractivity contribution in [2.45, 2.75) is 13.1 Å². The maximum absolute atomic E-state index is 6.03.